The predicted molar refractivity (Wildman–Crippen MR) is 108 cm³/mol. The van der Waals surface area contributed by atoms with Crippen LogP contribution in [-0.2, 0) is 33.2 Å². The average Bonchev–Trinajstić information content (AvgIpc) is 3.42. The van der Waals surface area contributed by atoms with Crippen molar-refractivity contribution in [3.63, 3.8) is 0 Å². The molecule has 1 aliphatic rings. The van der Waals surface area contributed by atoms with Gasteiger partial charge in [-0.15, -0.1) is 0 Å². The lowest BCUT2D eigenvalue weighted by molar-refractivity contribution is 0.00504. The van der Waals surface area contributed by atoms with E-state index in [4.69, 9.17) is 33.2 Å². The maximum Gasteiger partial charge on any atom is 0.0889 e. The molecule has 0 N–H and O–H groups in total. The molecule has 0 radical (unpaired) electrons. The highest BCUT2D eigenvalue weighted by Gasteiger charge is 2.40. The number of ether oxygens (including phenoxy) is 7. The number of epoxide rings is 1. The van der Waals surface area contributed by atoms with Gasteiger partial charge in [-0.1, -0.05) is 6.42 Å². The van der Waals surface area contributed by atoms with Crippen molar-refractivity contribution in [1.82, 2.24) is 0 Å². The molecule has 0 bridgehead atoms. The third-order valence-electron chi connectivity index (χ3n) is 4.56. The van der Waals surface area contributed by atoms with Gasteiger partial charge in [-0.25, -0.2) is 0 Å². The number of hydrogen-bond acceptors (Lipinski definition) is 7. The summed E-state index contributed by atoms with van der Waals surface area (Å²) < 4.78 is 38.4. The number of hydrogen-bond donors (Lipinski definition) is 0. The van der Waals surface area contributed by atoms with Gasteiger partial charge in [0.15, 0.2) is 0 Å². The molecule has 1 fully saturated rings. The summed E-state index contributed by atoms with van der Waals surface area (Å²) in [5, 5.41) is 0. The predicted octanol–water partition coefficient (Wildman–Crippen LogP) is 2.70. The first-order valence-corrected chi connectivity index (χ1v) is 10.9. The van der Waals surface area contributed by atoms with Gasteiger partial charge in [0, 0.05) is 25.7 Å². The third kappa shape index (κ3) is 14.7. The Kier molecular flexibility index (Phi) is 17.2. The molecule has 0 spiro atoms. The maximum absolute atomic E-state index is 5.80. The minimum absolute atomic E-state index is 0.346. The second-order valence-corrected chi connectivity index (χ2v) is 6.87. The molecule has 2 unspecified atom stereocenters. The van der Waals surface area contributed by atoms with Crippen LogP contribution in [0.4, 0.5) is 0 Å². The van der Waals surface area contributed by atoms with Crippen LogP contribution in [0.15, 0.2) is 0 Å². The molecule has 0 saturated carbocycles. The summed E-state index contributed by atoms with van der Waals surface area (Å²) in [4.78, 5) is 0. The summed E-state index contributed by atoms with van der Waals surface area (Å²) in [6.07, 6.45) is 3.99. The Bertz CT molecular complexity index is 330. The van der Waals surface area contributed by atoms with Crippen LogP contribution in [0, 0.1) is 5.92 Å². The summed E-state index contributed by atoms with van der Waals surface area (Å²) in [6, 6.07) is 0. The first kappa shape index (κ1) is 25.8. The summed E-state index contributed by atoms with van der Waals surface area (Å²) in [5.41, 5.74) is 0. The normalized spacial score (nSPS) is 19.8. The van der Waals surface area contributed by atoms with Crippen molar-refractivity contribution in [1.29, 1.82) is 0 Å². The Morgan fingerprint density at radius 2 is 1.11 bits per heavy atom. The maximum atomic E-state index is 5.80. The lowest BCUT2D eigenvalue weighted by Crippen LogP contribution is -2.19. The molecule has 0 aliphatic carbocycles. The van der Waals surface area contributed by atoms with Crippen molar-refractivity contribution in [2.75, 3.05) is 79.3 Å². The molecule has 1 saturated heterocycles. The van der Waals surface area contributed by atoms with Gasteiger partial charge in [0.1, 0.15) is 0 Å². The van der Waals surface area contributed by atoms with Crippen LogP contribution >= 0.6 is 0 Å². The van der Waals surface area contributed by atoms with E-state index in [1.165, 1.54) is 0 Å². The van der Waals surface area contributed by atoms with Crippen LogP contribution in [-0.4, -0.2) is 91.5 Å². The Labute approximate surface area is 171 Å². The Hall–Kier alpha value is -0.280. The summed E-state index contributed by atoms with van der Waals surface area (Å²) in [5.74, 6) is 0.459. The first-order valence-electron chi connectivity index (χ1n) is 10.9. The van der Waals surface area contributed by atoms with Crippen LogP contribution in [0.1, 0.15) is 40.0 Å². The van der Waals surface area contributed by atoms with E-state index < -0.39 is 0 Å². The fraction of sp³-hybridized carbons (Fsp3) is 1.00. The fourth-order valence-electron chi connectivity index (χ4n) is 2.95. The van der Waals surface area contributed by atoms with Crippen LogP contribution in [0.5, 0.6) is 0 Å². The monoisotopic (exact) mass is 406 g/mol. The molecule has 28 heavy (non-hydrogen) atoms. The molecule has 0 amide bonds. The third-order valence-corrected chi connectivity index (χ3v) is 4.56. The molecule has 1 heterocycles. The second kappa shape index (κ2) is 18.7. The first-order chi connectivity index (χ1) is 13.8. The molecule has 7 heteroatoms. The van der Waals surface area contributed by atoms with Crippen molar-refractivity contribution >= 4 is 0 Å². The lowest BCUT2D eigenvalue weighted by Gasteiger charge is -2.15. The zero-order chi connectivity index (χ0) is 20.3. The van der Waals surface area contributed by atoms with Gasteiger partial charge in [-0.2, -0.15) is 0 Å². The van der Waals surface area contributed by atoms with Crippen molar-refractivity contribution < 1.29 is 33.2 Å². The quantitative estimate of drug-likeness (QED) is 0.202. The SMILES string of the molecule is CCOCCOCCOCCCCC(COCCOCCOCC)[C@H]1OC1C. The molecular weight excluding hydrogens is 364 g/mol. The molecular formula is C21H42O7. The standard InChI is InChI=1S/C21H42O7/c1-4-22-10-12-25-15-14-24-9-7-6-8-20(21-19(3)28-21)18-27-17-16-26-13-11-23-5-2/h19-21H,4-18H2,1-3H3/t19?,20?,21-/m0/s1. The van der Waals surface area contributed by atoms with E-state index in [1.54, 1.807) is 0 Å². The molecule has 0 aromatic heterocycles. The van der Waals surface area contributed by atoms with Crippen molar-refractivity contribution in [3.8, 4) is 0 Å². The van der Waals surface area contributed by atoms with E-state index >= 15 is 0 Å². The van der Waals surface area contributed by atoms with Crippen LogP contribution in [0.3, 0.4) is 0 Å². The van der Waals surface area contributed by atoms with Crippen LogP contribution < -0.4 is 0 Å². The zero-order valence-electron chi connectivity index (χ0n) is 18.2. The smallest absolute Gasteiger partial charge is 0.0889 e. The van der Waals surface area contributed by atoms with Gasteiger partial charge in [0.05, 0.1) is 71.7 Å². The highest BCUT2D eigenvalue weighted by molar-refractivity contribution is 4.87. The molecule has 168 valence electrons. The molecule has 1 rings (SSSR count). The molecule has 3 atom stereocenters. The number of unbranched alkanes of at least 4 members (excludes halogenated alkanes) is 1. The Morgan fingerprint density at radius 3 is 1.61 bits per heavy atom. The minimum Gasteiger partial charge on any atom is -0.379 e. The van der Waals surface area contributed by atoms with Crippen LogP contribution in [0.25, 0.3) is 0 Å². The average molecular weight is 407 g/mol. The fourth-order valence-corrected chi connectivity index (χ4v) is 2.95. The molecule has 7 nitrogen and oxygen atoms in total. The minimum atomic E-state index is 0.346. The van der Waals surface area contributed by atoms with Crippen molar-refractivity contribution in [2.45, 2.75) is 52.2 Å². The van der Waals surface area contributed by atoms with Crippen molar-refractivity contribution in [3.05, 3.63) is 0 Å². The summed E-state index contributed by atoms with van der Waals surface area (Å²) in [6.45, 7) is 14.1. The lowest BCUT2D eigenvalue weighted by atomic mass is 9.97. The number of rotatable bonds is 22. The van der Waals surface area contributed by atoms with Gasteiger partial charge in [0.25, 0.3) is 0 Å². The van der Waals surface area contributed by atoms with Gasteiger partial charge < -0.3 is 33.2 Å². The van der Waals surface area contributed by atoms with Crippen LogP contribution in [0.2, 0.25) is 0 Å². The summed E-state index contributed by atoms with van der Waals surface area (Å²) >= 11 is 0. The van der Waals surface area contributed by atoms with Gasteiger partial charge >= 0.3 is 0 Å². The van der Waals surface area contributed by atoms with Gasteiger partial charge in [0.2, 0.25) is 0 Å². The van der Waals surface area contributed by atoms with E-state index in [0.717, 1.165) is 45.7 Å². The second-order valence-electron chi connectivity index (χ2n) is 6.87. The Morgan fingerprint density at radius 1 is 0.643 bits per heavy atom. The zero-order valence-corrected chi connectivity index (χ0v) is 18.2. The van der Waals surface area contributed by atoms with Gasteiger partial charge in [-0.3, -0.25) is 0 Å². The van der Waals surface area contributed by atoms with E-state index in [1.807, 2.05) is 13.8 Å². The molecule has 0 aromatic rings. The van der Waals surface area contributed by atoms with E-state index in [2.05, 4.69) is 6.92 Å². The molecule has 0 aromatic carbocycles. The molecule has 1 aliphatic heterocycles. The Balaban J connectivity index is 1.92. The summed E-state index contributed by atoms with van der Waals surface area (Å²) in [7, 11) is 0. The largest absolute Gasteiger partial charge is 0.379 e. The van der Waals surface area contributed by atoms with E-state index in [9.17, 15) is 0 Å². The van der Waals surface area contributed by atoms with Gasteiger partial charge in [-0.05, 0) is 33.6 Å². The topological polar surface area (TPSA) is 67.9 Å². The highest BCUT2D eigenvalue weighted by Crippen LogP contribution is 2.32. The van der Waals surface area contributed by atoms with E-state index in [0.29, 0.717) is 71.0 Å². The van der Waals surface area contributed by atoms with Crippen molar-refractivity contribution in [2.24, 2.45) is 5.92 Å². The highest BCUT2D eigenvalue weighted by atomic mass is 16.6. The van der Waals surface area contributed by atoms with E-state index in [-0.39, 0.29) is 0 Å².